The molecule has 0 aliphatic carbocycles. The topological polar surface area (TPSA) is 81.1 Å². The lowest BCUT2D eigenvalue weighted by atomic mass is 9.97. The number of hydrogen-bond donors (Lipinski definition) is 4. The molecule has 0 bridgehead atoms. The van der Waals surface area contributed by atoms with Crippen molar-refractivity contribution in [2.75, 3.05) is 10.6 Å². The zero-order valence-corrected chi connectivity index (χ0v) is 21.1. The maximum absolute atomic E-state index is 9.37. The number of anilines is 2. The molecule has 3 rings (SSSR count). The lowest BCUT2D eigenvalue weighted by molar-refractivity contribution is 0.138. The van der Waals surface area contributed by atoms with E-state index >= 15 is 0 Å². The standard InChI is InChI=1S/C26H29Cl2N5O/c1-16(2)30-24-14-22(11-7-19(24)15-29)34-33-32-26(18-5-8-20(27)9-6-18)23-12-10-21(28)13-25(23)31-17(3)4/h5-14,16-17,26,30-33H,1-4H3. The van der Waals surface area contributed by atoms with E-state index in [1.807, 2.05) is 56.3 Å². The fourth-order valence-electron chi connectivity index (χ4n) is 3.47. The van der Waals surface area contributed by atoms with Crippen LogP contribution in [0.5, 0.6) is 5.75 Å². The summed E-state index contributed by atoms with van der Waals surface area (Å²) in [5, 5.41) is 17.4. The molecule has 0 saturated heterocycles. The number of nitrogens with one attached hydrogen (secondary N) is 4. The summed E-state index contributed by atoms with van der Waals surface area (Å²) in [6.07, 6.45) is 0. The third-order valence-corrected chi connectivity index (χ3v) is 5.39. The van der Waals surface area contributed by atoms with Crippen molar-refractivity contribution in [3.63, 3.8) is 0 Å². The van der Waals surface area contributed by atoms with E-state index in [-0.39, 0.29) is 18.1 Å². The van der Waals surface area contributed by atoms with Crippen molar-refractivity contribution in [3.05, 3.63) is 87.4 Å². The molecular formula is C26H29Cl2N5O. The van der Waals surface area contributed by atoms with Gasteiger partial charge in [0.25, 0.3) is 0 Å². The number of benzene rings is 3. The van der Waals surface area contributed by atoms with Crippen molar-refractivity contribution in [1.82, 2.24) is 11.0 Å². The quantitative estimate of drug-likeness (QED) is 0.234. The molecule has 3 aromatic carbocycles. The number of nitriles is 1. The van der Waals surface area contributed by atoms with E-state index in [4.69, 9.17) is 28.0 Å². The van der Waals surface area contributed by atoms with Gasteiger partial charge in [-0.2, -0.15) is 5.26 Å². The number of hydrogen-bond acceptors (Lipinski definition) is 6. The largest absolute Gasteiger partial charge is 0.394 e. The zero-order valence-electron chi connectivity index (χ0n) is 19.6. The SMILES string of the molecule is CC(C)Nc1cc(ONNC(c2ccc(Cl)cc2)c2ccc(Cl)cc2NC(C)C)ccc1C#N. The zero-order chi connectivity index (χ0) is 24.7. The van der Waals surface area contributed by atoms with Gasteiger partial charge in [-0.3, -0.25) is 0 Å². The molecule has 0 aliphatic rings. The molecular weight excluding hydrogens is 469 g/mol. The predicted octanol–water partition coefficient (Wildman–Crippen LogP) is 6.68. The van der Waals surface area contributed by atoms with Crippen molar-refractivity contribution in [1.29, 1.82) is 5.26 Å². The fourth-order valence-corrected chi connectivity index (χ4v) is 3.77. The van der Waals surface area contributed by atoms with E-state index in [0.29, 0.717) is 27.0 Å². The summed E-state index contributed by atoms with van der Waals surface area (Å²) in [7, 11) is 0. The Morgan fingerprint density at radius 2 is 1.44 bits per heavy atom. The van der Waals surface area contributed by atoms with E-state index in [1.54, 1.807) is 18.2 Å². The Labute approximate surface area is 211 Å². The smallest absolute Gasteiger partial charge is 0.151 e. The minimum Gasteiger partial charge on any atom is -0.394 e. The molecule has 0 fully saturated rings. The second-order valence-corrected chi connectivity index (χ2v) is 9.35. The van der Waals surface area contributed by atoms with Crippen LogP contribution in [-0.2, 0) is 0 Å². The molecule has 0 saturated carbocycles. The normalized spacial score (nSPS) is 11.9. The first kappa shape index (κ1) is 25.7. The van der Waals surface area contributed by atoms with Crippen LogP contribution in [-0.4, -0.2) is 12.1 Å². The molecule has 3 aromatic rings. The van der Waals surface area contributed by atoms with Gasteiger partial charge in [-0.25, -0.2) is 5.43 Å². The van der Waals surface area contributed by atoms with E-state index in [1.165, 1.54) is 0 Å². The monoisotopic (exact) mass is 497 g/mol. The molecule has 178 valence electrons. The predicted molar refractivity (Wildman–Crippen MR) is 140 cm³/mol. The molecule has 0 spiro atoms. The first-order chi connectivity index (χ1) is 16.3. The first-order valence-corrected chi connectivity index (χ1v) is 11.8. The van der Waals surface area contributed by atoms with Gasteiger partial charge in [0.05, 0.1) is 17.3 Å². The van der Waals surface area contributed by atoms with Gasteiger partial charge in [0, 0.05) is 33.9 Å². The van der Waals surface area contributed by atoms with Crippen LogP contribution in [0, 0.1) is 11.3 Å². The lowest BCUT2D eigenvalue weighted by Gasteiger charge is -2.24. The van der Waals surface area contributed by atoms with E-state index in [9.17, 15) is 5.26 Å². The Kier molecular flexibility index (Phi) is 9.03. The van der Waals surface area contributed by atoms with Crippen LogP contribution in [0.1, 0.15) is 50.4 Å². The third kappa shape index (κ3) is 7.02. The molecule has 4 N–H and O–H groups in total. The maximum Gasteiger partial charge on any atom is 0.151 e. The van der Waals surface area contributed by atoms with Crippen molar-refractivity contribution in [3.8, 4) is 11.8 Å². The summed E-state index contributed by atoms with van der Waals surface area (Å²) in [4.78, 5) is 5.79. The van der Waals surface area contributed by atoms with Crippen molar-refractivity contribution < 1.29 is 4.84 Å². The van der Waals surface area contributed by atoms with E-state index in [2.05, 4.69) is 41.6 Å². The number of rotatable bonds is 10. The van der Waals surface area contributed by atoms with Gasteiger partial charge in [0.1, 0.15) is 6.07 Å². The first-order valence-electron chi connectivity index (χ1n) is 11.1. The Hall–Kier alpha value is -2.95. The Morgan fingerprint density at radius 1 is 0.794 bits per heavy atom. The highest BCUT2D eigenvalue weighted by Crippen LogP contribution is 2.32. The Bertz CT molecular complexity index is 1140. The Balaban J connectivity index is 1.86. The van der Waals surface area contributed by atoms with Gasteiger partial charge < -0.3 is 15.5 Å². The van der Waals surface area contributed by atoms with Crippen LogP contribution in [0.2, 0.25) is 10.0 Å². The molecule has 0 aromatic heterocycles. The minimum absolute atomic E-state index is 0.180. The molecule has 1 unspecified atom stereocenters. The average molecular weight is 498 g/mol. The number of halogens is 2. The van der Waals surface area contributed by atoms with Crippen LogP contribution in [0.3, 0.4) is 0 Å². The summed E-state index contributed by atoms with van der Waals surface area (Å²) in [6, 6.07) is 20.9. The highest BCUT2D eigenvalue weighted by molar-refractivity contribution is 6.31. The molecule has 0 heterocycles. The highest BCUT2D eigenvalue weighted by atomic mass is 35.5. The molecule has 0 radical (unpaired) electrons. The van der Waals surface area contributed by atoms with Gasteiger partial charge >= 0.3 is 0 Å². The lowest BCUT2D eigenvalue weighted by Crippen LogP contribution is -2.38. The van der Waals surface area contributed by atoms with Gasteiger partial charge in [0.2, 0.25) is 0 Å². The summed E-state index contributed by atoms with van der Waals surface area (Å²) >= 11 is 12.4. The van der Waals surface area contributed by atoms with Crippen molar-refractivity contribution in [2.24, 2.45) is 0 Å². The van der Waals surface area contributed by atoms with Gasteiger partial charge in [-0.1, -0.05) is 47.0 Å². The van der Waals surface area contributed by atoms with Crippen LogP contribution >= 0.6 is 23.2 Å². The third-order valence-electron chi connectivity index (χ3n) is 4.90. The molecule has 0 aliphatic heterocycles. The molecule has 1 atom stereocenters. The number of nitrogens with zero attached hydrogens (tertiary/aromatic N) is 1. The van der Waals surface area contributed by atoms with Crippen molar-refractivity contribution >= 4 is 34.6 Å². The van der Waals surface area contributed by atoms with Crippen LogP contribution in [0.4, 0.5) is 11.4 Å². The Morgan fingerprint density at radius 3 is 2.09 bits per heavy atom. The highest BCUT2D eigenvalue weighted by Gasteiger charge is 2.19. The second-order valence-electron chi connectivity index (χ2n) is 8.48. The average Bonchev–Trinajstić information content (AvgIpc) is 2.77. The summed E-state index contributed by atoms with van der Waals surface area (Å²) in [6.45, 7) is 8.18. The molecule has 8 heteroatoms. The minimum atomic E-state index is -0.276. The second kappa shape index (κ2) is 12.0. The molecule has 0 amide bonds. The molecule has 6 nitrogen and oxygen atoms in total. The summed E-state index contributed by atoms with van der Waals surface area (Å²) in [5.41, 5.74) is 10.3. The van der Waals surface area contributed by atoms with E-state index in [0.717, 1.165) is 16.8 Å². The van der Waals surface area contributed by atoms with Crippen LogP contribution < -0.4 is 26.5 Å². The van der Waals surface area contributed by atoms with Gasteiger partial charge in [0.15, 0.2) is 5.75 Å². The van der Waals surface area contributed by atoms with Crippen molar-refractivity contribution in [2.45, 2.75) is 45.8 Å². The summed E-state index contributed by atoms with van der Waals surface area (Å²) in [5.74, 6) is 0.557. The van der Waals surface area contributed by atoms with Gasteiger partial charge in [-0.15, -0.1) is 0 Å². The number of hydrazine groups is 1. The van der Waals surface area contributed by atoms with Gasteiger partial charge in [-0.05, 0) is 75.2 Å². The van der Waals surface area contributed by atoms with Crippen LogP contribution in [0.25, 0.3) is 0 Å². The molecule has 34 heavy (non-hydrogen) atoms. The van der Waals surface area contributed by atoms with E-state index < -0.39 is 0 Å². The summed E-state index contributed by atoms with van der Waals surface area (Å²) < 4.78 is 0. The van der Waals surface area contributed by atoms with Crippen LogP contribution in [0.15, 0.2) is 60.7 Å². The fraction of sp³-hybridized carbons (Fsp3) is 0.269. The maximum atomic E-state index is 9.37.